The number of amides is 1. The molecule has 0 radical (unpaired) electrons. The van der Waals surface area contributed by atoms with Gasteiger partial charge in [0.05, 0.1) is 0 Å². The fourth-order valence-electron chi connectivity index (χ4n) is 0.431. The van der Waals surface area contributed by atoms with E-state index in [-0.39, 0.29) is 17.1 Å². The Balaban J connectivity index is 0. The number of aliphatic carboxylic acids is 1. The maximum atomic E-state index is 10.3. The molecule has 4 N–H and O–H groups in total. The van der Waals surface area contributed by atoms with Crippen LogP contribution in [-0.4, -0.2) is 34.3 Å². The van der Waals surface area contributed by atoms with Crippen molar-refractivity contribution >= 4 is 24.5 Å². The first-order valence-corrected chi connectivity index (χ1v) is 3.32. The second-order valence-electron chi connectivity index (χ2n) is 1.77. The average molecular weight is 181 g/mol. The van der Waals surface area contributed by atoms with Gasteiger partial charge in [-0.1, -0.05) is 0 Å². The molecule has 0 aliphatic carbocycles. The summed E-state index contributed by atoms with van der Waals surface area (Å²) in [6.45, 7) is 1.26. The molecule has 0 saturated heterocycles. The Morgan fingerprint density at radius 3 is 2.18 bits per heavy atom. The largest absolute Gasteiger partial charge is 0.480 e. The SMILES string of the molecule is CC(=O)N[C@@H](CS)C(=O)O.O. The van der Waals surface area contributed by atoms with Crippen LogP contribution in [0.1, 0.15) is 6.92 Å². The third-order valence-corrected chi connectivity index (χ3v) is 1.22. The first-order chi connectivity index (χ1) is 4.57. The van der Waals surface area contributed by atoms with E-state index in [1.165, 1.54) is 6.92 Å². The number of nitrogens with one attached hydrogen (secondary N) is 1. The normalized spacial score (nSPS) is 11.1. The molecule has 0 saturated carbocycles. The number of carbonyl (C=O) groups is 2. The van der Waals surface area contributed by atoms with Gasteiger partial charge in [-0.05, 0) is 0 Å². The minimum absolute atomic E-state index is 0. The van der Waals surface area contributed by atoms with Crippen LogP contribution in [-0.2, 0) is 9.59 Å². The van der Waals surface area contributed by atoms with Crippen molar-refractivity contribution in [3.8, 4) is 0 Å². The van der Waals surface area contributed by atoms with E-state index in [4.69, 9.17) is 5.11 Å². The van der Waals surface area contributed by atoms with Crippen molar-refractivity contribution in [3.05, 3.63) is 0 Å². The molecule has 0 aromatic carbocycles. The number of rotatable bonds is 3. The fraction of sp³-hybridized carbons (Fsp3) is 0.600. The number of thiol groups is 1. The Labute approximate surface area is 69.5 Å². The maximum Gasteiger partial charge on any atom is 0.327 e. The molecular formula is C5H11NO4S. The van der Waals surface area contributed by atoms with Crippen LogP contribution in [0.5, 0.6) is 0 Å². The lowest BCUT2D eigenvalue weighted by atomic mass is 10.3. The molecule has 0 aliphatic rings. The quantitative estimate of drug-likeness (QED) is 0.471. The summed E-state index contributed by atoms with van der Waals surface area (Å²) < 4.78 is 0. The standard InChI is InChI=1S/C5H9NO3S.H2O/c1-3(7)6-4(2-10)5(8)9;/h4,10H,2H2,1H3,(H,6,7)(H,8,9);1H2/t4-;/m0./s1. The van der Waals surface area contributed by atoms with Gasteiger partial charge in [-0.3, -0.25) is 4.79 Å². The molecule has 0 fully saturated rings. The van der Waals surface area contributed by atoms with Crippen molar-refractivity contribution in [2.45, 2.75) is 13.0 Å². The highest BCUT2D eigenvalue weighted by atomic mass is 32.1. The topological polar surface area (TPSA) is 97.9 Å². The number of hydrogen-bond donors (Lipinski definition) is 3. The highest BCUT2D eigenvalue weighted by Gasteiger charge is 2.14. The van der Waals surface area contributed by atoms with Gasteiger partial charge < -0.3 is 15.9 Å². The second kappa shape index (κ2) is 5.99. The Hall–Kier alpha value is -0.750. The van der Waals surface area contributed by atoms with Crippen LogP contribution >= 0.6 is 12.6 Å². The van der Waals surface area contributed by atoms with Crippen LogP contribution in [0, 0.1) is 0 Å². The van der Waals surface area contributed by atoms with Crippen LogP contribution in [0.3, 0.4) is 0 Å². The van der Waals surface area contributed by atoms with Crippen molar-refractivity contribution < 1.29 is 20.2 Å². The molecule has 6 heteroatoms. The van der Waals surface area contributed by atoms with E-state index in [1.54, 1.807) is 0 Å². The highest BCUT2D eigenvalue weighted by molar-refractivity contribution is 7.80. The second-order valence-corrected chi connectivity index (χ2v) is 2.14. The maximum absolute atomic E-state index is 10.3. The van der Waals surface area contributed by atoms with Gasteiger partial charge >= 0.3 is 5.97 Å². The molecular weight excluding hydrogens is 170 g/mol. The van der Waals surface area contributed by atoms with E-state index in [2.05, 4.69) is 17.9 Å². The van der Waals surface area contributed by atoms with Crippen LogP contribution in [0.2, 0.25) is 0 Å². The monoisotopic (exact) mass is 181 g/mol. The molecule has 0 aromatic heterocycles. The first kappa shape index (κ1) is 12.9. The summed E-state index contributed by atoms with van der Waals surface area (Å²) in [6.07, 6.45) is 0. The number of carbonyl (C=O) groups excluding carboxylic acids is 1. The number of carboxylic acid groups (broad SMARTS) is 1. The van der Waals surface area contributed by atoms with Crippen LogP contribution in [0.15, 0.2) is 0 Å². The molecule has 1 atom stereocenters. The van der Waals surface area contributed by atoms with E-state index >= 15 is 0 Å². The lowest BCUT2D eigenvalue weighted by molar-refractivity contribution is -0.140. The Morgan fingerprint density at radius 1 is 1.64 bits per heavy atom. The molecule has 0 aliphatic heterocycles. The predicted octanol–water partition coefficient (Wildman–Crippen LogP) is -1.32. The van der Waals surface area contributed by atoms with E-state index in [1.807, 2.05) is 0 Å². The summed E-state index contributed by atoms with van der Waals surface area (Å²) in [5, 5.41) is 10.6. The minimum Gasteiger partial charge on any atom is -0.480 e. The van der Waals surface area contributed by atoms with E-state index in [9.17, 15) is 9.59 Å². The summed E-state index contributed by atoms with van der Waals surface area (Å²) in [5.74, 6) is -1.32. The van der Waals surface area contributed by atoms with Crippen LogP contribution in [0.4, 0.5) is 0 Å². The number of carboxylic acids is 1. The van der Waals surface area contributed by atoms with Crippen molar-refractivity contribution in [2.24, 2.45) is 0 Å². The zero-order chi connectivity index (χ0) is 8.15. The lowest BCUT2D eigenvalue weighted by Crippen LogP contribution is -2.40. The Morgan fingerprint density at radius 2 is 2.09 bits per heavy atom. The highest BCUT2D eigenvalue weighted by Crippen LogP contribution is 1.86. The van der Waals surface area contributed by atoms with Gasteiger partial charge in [-0.15, -0.1) is 0 Å². The van der Waals surface area contributed by atoms with Gasteiger partial charge in [0.25, 0.3) is 0 Å². The first-order valence-electron chi connectivity index (χ1n) is 2.68. The van der Waals surface area contributed by atoms with E-state index in [0.29, 0.717) is 0 Å². The molecule has 0 rings (SSSR count). The molecule has 11 heavy (non-hydrogen) atoms. The zero-order valence-corrected chi connectivity index (χ0v) is 6.89. The van der Waals surface area contributed by atoms with Gasteiger partial charge in [0.2, 0.25) is 5.91 Å². The third kappa shape index (κ3) is 5.68. The Kier molecular flexibility index (Phi) is 7.02. The molecule has 0 heterocycles. The zero-order valence-electron chi connectivity index (χ0n) is 6.00. The van der Waals surface area contributed by atoms with Gasteiger partial charge in [0.1, 0.15) is 6.04 Å². The molecule has 1 amide bonds. The van der Waals surface area contributed by atoms with Gasteiger partial charge in [0, 0.05) is 12.7 Å². The summed E-state index contributed by atoms with van der Waals surface area (Å²) >= 11 is 3.73. The predicted molar refractivity (Wildman–Crippen MR) is 42.7 cm³/mol. The number of hydrogen-bond acceptors (Lipinski definition) is 3. The average Bonchev–Trinajstić information content (AvgIpc) is 1.81. The van der Waals surface area contributed by atoms with Crippen LogP contribution in [0.25, 0.3) is 0 Å². The van der Waals surface area contributed by atoms with Crippen LogP contribution < -0.4 is 5.32 Å². The smallest absolute Gasteiger partial charge is 0.327 e. The third-order valence-electron chi connectivity index (χ3n) is 0.858. The lowest BCUT2D eigenvalue weighted by Gasteiger charge is -2.08. The molecule has 66 valence electrons. The minimum atomic E-state index is -1.06. The van der Waals surface area contributed by atoms with Crippen molar-refractivity contribution in [2.75, 3.05) is 5.75 Å². The van der Waals surface area contributed by atoms with Crippen molar-refractivity contribution in [3.63, 3.8) is 0 Å². The fourth-order valence-corrected chi connectivity index (χ4v) is 0.678. The summed E-state index contributed by atoms with van der Waals surface area (Å²) in [7, 11) is 0. The van der Waals surface area contributed by atoms with Gasteiger partial charge in [-0.2, -0.15) is 12.6 Å². The summed E-state index contributed by atoms with van der Waals surface area (Å²) in [6, 6.07) is -0.874. The van der Waals surface area contributed by atoms with Gasteiger partial charge in [-0.25, -0.2) is 4.79 Å². The molecule has 0 aromatic rings. The summed E-state index contributed by atoms with van der Waals surface area (Å²) in [5.41, 5.74) is 0. The van der Waals surface area contributed by atoms with Gasteiger partial charge in [0.15, 0.2) is 0 Å². The molecule has 0 spiro atoms. The van der Waals surface area contributed by atoms with E-state index < -0.39 is 12.0 Å². The van der Waals surface area contributed by atoms with E-state index in [0.717, 1.165) is 0 Å². The van der Waals surface area contributed by atoms with Crippen molar-refractivity contribution in [1.29, 1.82) is 0 Å². The molecule has 0 bridgehead atoms. The summed E-state index contributed by atoms with van der Waals surface area (Å²) in [4.78, 5) is 20.5. The van der Waals surface area contributed by atoms with Crippen molar-refractivity contribution in [1.82, 2.24) is 5.32 Å². The molecule has 0 unspecified atom stereocenters. The Bertz CT molecular complexity index is 149. The molecule has 5 nitrogen and oxygen atoms in total.